The molecule has 1 atom stereocenters. The van der Waals surface area contributed by atoms with Gasteiger partial charge in [0.05, 0.1) is 18.1 Å². The smallest absolute Gasteiger partial charge is 0.313 e. The van der Waals surface area contributed by atoms with Crippen LogP contribution in [0.1, 0.15) is 36.8 Å². The van der Waals surface area contributed by atoms with Crippen LogP contribution in [0.15, 0.2) is 12.1 Å². The molecule has 0 radical (unpaired) electrons. The van der Waals surface area contributed by atoms with Gasteiger partial charge in [0.25, 0.3) is 0 Å². The van der Waals surface area contributed by atoms with E-state index in [-0.39, 0.29) is 16.9 Å². The Balaban J connectivity index is 3.19. The molecule has 4 heteroatoms. The van der Waals surface area contributed by atoms with Crippen LogP contribution < -0.4 is 0 Å². The quantitative estimate of drug-likeness (QED) is 0.767. The number of carbonyl (C=O) groups excluding carboxylic acids is 1. The van der Waals surface area contributed by atoms with Gasteiger partial charge in [-0.3, -0.25) is 4.79 Å². The van der Waals surface area contributed by atoms with Gasteiger partial charge in [-0.05, 0) is 30.5 Å². The first-order valence-electron chi connectivity index (χ1n) is 5.55. The van der Waals surface area contributed by atoms with Gasteiger partial charge in [0.1, 0.15) is 5.82 Å². The molecule has 0 amide bonds. The molecule has 0 aliphatic rings. The first kappa shape index (κ1) is 14.0. The first-order valence-corrected chi connectivity index (χ1v) is 5.93. The summed E-state index contributed by atoms with van der Waals surface area (Å²) in [6.07, 6.45) is 1.50. The summed E-state index contributed by atoms with van der Waals surface area (Å²) < 4.78 is 18.0. The summed E-state index contributed by atoms with van der Waals surface area (Å²) >= 11 is 5.85. The summed E-state index contributed by atoms with van der Waals surface area (Å²) in [5, 5.41) is 0.0764. The maximum atomic E-state index is 13.2. The summed E-state index contributed by atoms with van der Waals surface area (Å²) in [5.41, 5.74) is 1.35. The Hall–Kier alpha value is -1.09. The van der Waals surface area contributed by atoms with Crippen molar-refractivity contribution in [1.82, 2.24) is 0 Å². The maximum Gasteiger partial charge on any atom is 0.313 e. The molecular formula is C13H16ClFO2. The van der Waals surface area contributed by atoms with Crippen LogP contribution in [-0.2, 0) is 9.53 Å². The molecule has 0 saturated heterocycles. The largest absolute Gasteiger partial charge is 0.469 e. The van der Waals surface area contributed by atoms with Crippen LogP contribution in [0.3, 0.4) is 0 Å². The lowest BCUT2D eigenvalue weighted by Gasteiger charge is -2.17. The van der Waals surface area contributed by atoms with E-state index in [9.17, 15) is 9.18 Å². The van der Waals surface area contributed by atoms with Gasteiger partial charge in [-0.2, -0.15) is 0 Å². The number of halogens is 2. The topological polar surface area (TPSA) is 26.3 Å². The SMILES string of the molecule is CCCC(C(=O)OC)c1ccc(F)c(Cl)c1C. The lowest BCUT2D eigenvalue weighted by molar-refractivity contribution is -0.142. The molecule has 0 fully saturated rings. The van der Waals surface area contributed by atoms with Crippen molar-refractivity contribution < 1.29 is 13.9 Å². The van der Waals surface area contributed by atoms with Crippen LogP contribution in [0.4, 0.5) is 4.39 Å². The summed E-state index contributed by atoms with van der Waals surface area (Å²) in [6.45, 7) is 3.70. The molecule has 1 rings (SSSR count). The van der Waals surface area contributed by atoms with Crippen molar-refractivity contribution in [2.45, 2.75) is 32.6 Å². The zero-order valence-electron chi connectivity index (χ0n) is 10.2. The normalized spacial score (nSPS) is 12.3. The lowest BCUT2D eigenvalue weighted by atomic mass is 9.91. The van der Waals surface area contributed by atoms with Gasteiger partial charge in [0.2, 0.25) is 0 Å². The van der Waals surface area contributed by atoms with Crippen molar-refractivity contribution in [2.24, 2.45) is 0 Å². The van der Waals surface area contributed by atoms with Crippen molar-refractivity contribution in [3.8, 4) is 0 Å². The monoisotopic (exact) mass is 258 g/mol. The van der Waals surface area contributed by atoms with Gasteiger partial charge in [-0.25, -0.2) is 4.39 Å². The second-order valence-electron chi connectivity index (χ2n) is 3.94. The second-order valence-corrected chi connectivity index (χ2v) is 4.32. The summed E-state index contributed by atoms with van der Waals surface area (Å²) in [6, 6.07) is 2.89. The molecule has 0 saturated carbocycles. The van der Waals surface area contributed by atoms with Gasteiger partial charge in [-0.15, -0.1) is 0 Å². The van der Waals surface area contributed by atoms with Crippen molar-refractivity contribution in [3.63, 3.8) is 0 Å². The number of esters is 1. The number of hydrogen-bond acceptors (Lipinski definition) is 2. The van der Waals surface area contributed by atoms with Crippen molar-refractivity contribution >= 4 is 17.6 Å². The fourth-order valence-corrected chi connectivity index (χ4v) is 2.05. The molecule has 1 aromatic rings. The highest BCUT2D eigenvalue weighted by Gasteiger charge is 2.23. The molecule has 2 nitrogen and oxygen atoms in total. The molecular weight excluding hydrogens is 243 g/mol. The first-order chi connectivity index (χ1) is 8.02. The van der Waals surface area contributed by atoms with Gasteiger partial charge >= 0.3 is 5.97 Å². The van der Waals surface area contributed by atoms with Crippen LogP contribution in [0.2, 0.25) is 5.02 Å². The third kappa shape index (κ3) is 2.97. The van der Waals surface area contributed by atoms with Crippen LogP contribution in [-0.4, -0.2) is 13.1 Å². The highest BCUT2D eigenvalue weighted by Crippen LogP contribution is 2.31. The van der Waals surface area contributed by atoms with Gasteiger partial charge in [0.15, 0.2) is 0 Å². The number of hydrogen-bond donors (Lipinski definition) is 0. The zero-order chi connectivity index (χ0) is 13.0. The number of carbonyl (C=O) groups is 1. The Morgan fingerprint density at radius 2 is 2.18 bits per heavy atom. The Labute approximate surface area is 106 Å². The Morgan fingerprint density at radius 1 is 1.53 bits per heavy atom. The summed E-state index contributed by atoms with van der Waals surface area (Å²) in [7, 11) is 1.35. The third-order valence-electron chi connectivity index (χ3n) is 2.82. The zero-order valence-corrected chi connectivity index (χ0v) is 11.0. The maximum absolute atomic E-state index is 13.2. The van der Waals surface area contributed by atoms with E-state index >= 15 is 0 Å². The molecule has 1 unspecified atom stereocenters. The van der Waals surface area contributed by atoms with Crippen molar-refractivity contribution in [3.05, 3.63) is 34.1 Å². The predicted octanol–water partition coefficient (Wildman–Crippen LogP) is 3.84. The molecule has 0 aliphatic carbocycles. The Kier molecular flexibility index (Phi) is 4.94. The highest BCUT2D eigenvalue weighted by molar-refractivity contribution is 6.31. The highest BCUT2D eigenvalue weighted by atomic mass is 35.5. The molecule has 17 heavy (non-hydrogen) atoms. The van der Waals surface area contributed by atoms with E-state index in [4.69, 9.17) is 16.3 Å². The van der Waals surface area contributed by atoms with E-state index in [2.05, 4.69) is 0 Å². The van der Waals surface area contributed by atoms with Gasteiger partial charge in [0, 0.05) is 0 Å². The van der Waals surface area contributed by atoms with Gasteiger partial charge in [-0.1, -0.05) is 31.0 Å². The molecule has 0 heterocycles. The Morgan fingerprint density at radius 3 is 2.71 bits per heavy atom. The molecule has 0 aromatic heterocycles. The minimum atomic E-state index is -0.465. The molecule has 0 N–H and O–H groups in total. The van der Waals surface area contributed by atoms with Crippen LogP contribution >= 0.6 is 11.6 Å². The third-order valence-corrected chi connectivity index (χ3v) is 3.28. The Bertz CT molecular complexity index is 418. The number of methoxy groups -OCH3 is 1. The average Bonchev–Trinajstić information content (AvgIpc) is 2.33. The number of ether oxygens (including phenoxy) is 1. The van der Waals surface area contributed by atoms with E-state index in [0.717, 1.165) is 12.0 Å². The van der Waals surface area contributed by atoms with E-state index in [0.29, 0.717) is 12.0 Å². The fraction of sp³-hybridized carbons (Fsp3) is 0.462. The standard InChI is InChI=1S/C13H16ClFO2/c1-4-5-10(13(16)17-3)9-6-7-11(15)12(14)8(9)2/h6-7,10H,4-5H2,1-3H3. The van der Waals surface area contributed by atoms with Crippen molar-refractivity contribution in [2.75, 3.05) is 7.11 Å². The van der Waals surface area contributed by atoms with Crippen LogP contribution in [0, 0.1) is 12.7 Å². The minimum Gasteiger partial charge on any atom is -0.469 e. The number of benzene rings is 1. The van der Waals surface area contributed by atoms with Gasteiger partial charge < -0.3 is 4.74 Å². The second kappa shape index (κ2) is 6.01. The fourth-order valence-electron chi connectivity index (χ4n) is 1.88. The van der Waals surface area contributed by atoms with E-state index in [1.807, 2.05) is 6.92 Å². The number of rotatable bonds is 4. The van der Waals surface area contributed by atoms with E-state index < -0.39 is 5.82 Å². The van der Waals surface area contributed by atoms with Crippen LogP contribution in [0.5, 0.6) is 0 Å². The molecule has 0 bridgehead atoms. The van der Waals surface area contributed by atoms with Crippen molar-refractivity contribution in [1.29, 1.82) is 0 Å². The summed E-state index contributed by atoms with van der Waals surface area (Å²) in [4.78, 5) is 11.7. The lowest BCUT2D eigenvalue weighted by Crippen LogP contribution is -2.15. The predicted molar refractivity (Wildman–Crippen MR) is 65.8 cm³/mol. The van der Waals surface area contributed by atoms with Crippen LogP contribution in [0.25, 0.3) is 0 Å². The molecule has 1 aromatic carbocycles. The summed E-state index contributed by atoms with van der Waals surface area (Å²) in [5.74, 6) is -1.14. The molecule has 0 spiro atoms. The molecule has 0 aliphatic heterocycles. The van der Waals surface area contributed by atoms with E-state index in [1.54, 1.807) is 13.0 Å². The average molecular weight is 259 g/mol. The molecule has 94 valence electrons. The minimum absolute atomic E-state index is 0.0764. The van der Waals surface area contributed by atoms with E-state index in [1.165, 1.54) is 13.2 Å².